The molecule has 0 fully saturated rings. The van der Waals surface area contributed by atoms with Crippen molar-refractivity contribution in [2.24, 2.45) is 0 Å². The Morgan fingerprint density at radius 1 is 0.929 bits per heavy atom. The van der Waals surface area contributed by atoms with Crippen LogP contribution < -0.4 is 14.4 Å². The van der Waals surface area contributed by atoms with Gasteiger partial charge in [-0.1, -0.05) is 18.2 Å². The van der Waals surface area contributed by atoms with E-state index in [1.165, 1.54) is 18.7 Å². The largest absolute Gasteiger partial charge is 0.486 e. The van der Waals surface area contributed by atoms with E-state index in [1.54, 1.807) is 0 Å². The molecule has 28 heavy (non-hydrogen) atoms. The van der Waals surface area contributed by atoms with Gasteiger partial charge in [0, 0.05) is 12.0 Å². The van der Waals surface area contributed by atoms with Crippen LogP contribution in [0.3, 0.4) is 0 Å². The van der Waals surface area contributed by atoms with Crippen molar-refractivity contribution >= 4 is 28.5 Å². The van der Waals surface area contributed by atoms with Gasteiger partial charge >= 0.3 is 0 Å². The van der Waals surface area contributed by atoms with Crippen molar-refractivity contribution < 1.29 is 19.2 Å². The number of aliphatic hydroxyl groups is 1. The van der Waals surface area contributed by atoms with Crippen molar-refractivity contribution in [1.29, 1.82) is 0 Å². The van der Waals surface area contributed by atoms with Crippen molar-refractivity contribution in [3.05, 3.63) is 54.1 Å². The summed E-state index contributed by atoms with van der Waals surface area (Å²) >= 11 is 0. The Morgan fingerprint density at radius 3 is 2.54 bits per heavy atom. The van der Waals surface area contributed by atoms with Crippen LogP contribution in [0.25, 0.3) is 0 Å². The van der Waals surface area contributed by atoms with Gasteiger partial charge in [-0.05, 0) is 49.6 Å². The number of halogens is 1. The first-order valence-corrected chi connectivity index (χ1v) is 9.84. The predicted octanol–water partition coefficient (Wildman–Crippen LogP) is 3.69. The van der Waals surface area contributed by atoms with Crippen LogP contribution in [-0.4, -0.2) is 41.8 Å². The van der Waals surface area contributed by atoms with E-state index in [0.717, 1.165) is 36.4 Å². The first kappa shape index (κ1) is 19.3. The molecule has 0 bridgehead atoms. The highest BCUT2D eigenvalue weighted by Crippen LogP contribution is 2.41. The SMILES string of the molecule is Br.OC1(c2ccc3c(c2)OCCO3)C[N+]2=C(CCCCC2)N1c1ccccc1. The van der Waals surface area contributed by atoms with Gasteiger partial charge in [0.05, 0.1) is 6.54 Å². The van der Waals surface area contributed by atoms with Gasteiger partial charge in [-0.3, -0.25) is 4.58 Å². The van der Waals surface area contributed by atoms with Crippen molar-refractivity contribution in [1.82, 2.24) is 0 Å². The number of benzene rings is 2. The molecule has 0 spiro atoms. The third-order valence-electron chi connectivity index (χ3n) is 5.75. The lowest BCUT2D eigenvalue weighted by Crippen LogP contribution is -2.47. The standard InChI is InChI=1S/C22H25N2O3.BrH/c25-22(17-10-11-19-20(15-17)27-14-13-26-19)16-23-12-6-2-5-9-21(23)24(22)18-7-3-1-4-8-18;/h1,3-4,7-8,10-11,15,25H,2,5-6,9,12-14,16H2;1H/q+1;. The van der Waals surface area contributed by atoms with E-state index in [2.05, 4.69) is 21.6 Å². The van der Waals surface area contributed by atoms with Crippen molar-refractivity contribution in [3.63, 3.8) is 0 Å². The van der Waals surface area contributed by atoms with E-state index >= 15 is 0 Å². The molecule has 5 nitrogen and oxygen atoms in total. The van der Waals surface area contributed by atoms with Gasteiger partial charge in [-0.25, -0.2) is 0 Å². The highest BCUT2D eigenvalue weighted by atomic mass is 79.9. The van der Waals surface area contributed by atoms with Gasteiger partial charge in [0.1, 0.15) is 18.9 Å². The molecule has 0 saturated heterocycles. The highest BCUT2D eigenvalue weighted by Gasteiger charge is 2.54. The van der Waals surface area contributed by atoms with E-state index in [4.69, 9.17) is 9.47 Å². The van der Waals surface area contributed by atoms with Crippen LogP contribution in [0.1, 0.15) is 31.2 Å². The summed E-state index contributed by atoms with van der Waals surface area (Å²) in [7, 11) is 0. The number of para-hydroxylation sites is 1. The summed E-state index contributed by atoms with van der Waals surface area (Å²) in [5.74, 6) is 2.68. The van der Waals surface area contributed by atoms with Crippen LogP contribution in [0, 0.1) is 0 Å². The Kier molecular flexibility index (Phi) is 5.34. The third-order valence-corrected chi connectivity index (χ3v) is 5.75. The Balaban J connectivity index is 0.00000192. The molecule has 148 valence electrons. The van der Waals surface area contributed by atoms with E-state index < -0.39 is 5.72 Å². The maximum Gasteiger partial charge on any atom is 0.275 e. The topological polar surface area (TPSA) is 44.9 Å². The summed E-state index contributed by atoms with van der Waals surface area (Å²) in [4.78, 5) is 2.13. The van der Waals surface area contributed by atoms with Gasteiger partial charge in [-0.2, -0.15) is 4.90 Å². The summed E-state index contributed by atoms with van der Waals surface area (Å²) in [6.07, 6.45) is 4.56. The average molecular weight is 446 g/mol. The summed E-state index contributed by atoms with van der Waals surface area (Å²) < 4.78 is 13.8. The van der Waals surface area contributed by atoms with Crippen LogP contribution in [0.2, 0.25) is 0 Å². The first-order valence-electron chi connectivity index (χ1n) is 9.84. The number of rotatable bonds is 2. The minimum Gasteiger partial charge on any atom is -0.486 e. The smallest absolute Gasteiger partial charge is 0.275 e. The van der Waals surface area contributed by atoms with Crippen LogP contribution in [-0.2, 0) is 5.72 Å². The van der Waals surface area contributed by atoms with E-state index in [-0.39, 0.29) is 17.0 Å². The van der Waals surface area contributed by atoms with Crippen molar-refractivity contribution in [2.45, 2.75) is 31.4 Å². The molecule has 0 saturated carbocycles. The molecule has 0 aliphatic carbocycles. The fourth-order valence-electron chi connectivity index (χ4n) is 4.48. The quantitative estimate of drug-likeness (QED) is 0.715. The molecule has 1 atom stereocenters. The molecule has 2 aromatic rings. The Morgan fingerprint density at radius 2 is 1.71 bits per heavy atom. The van der Waals surface area contributed by atoms with Crippen LogP contribution in [0.15, 0.2) is 48.5 Å². The number of fused-ring (bicyclic) bond motifs is 1. The number of hydrogen-bond donors (Lipinski definition) is 1. The average Bonchev–Trinajstić information content (AvgIpc) is 2.84. The molecule has 1 N–H and O–H groups in total. The van der Waals surface area contributed by atoms with Gasteiger partial charge in [0.15, 0.2) is 18.0 Å². The maximum absolute atomic E-state index is 12.0. The maximum atomic E-state index is 12.0. The lowest BCUT2D eigenvalue weighted by molar-refractivity contribution is -0.534. The van der Waals surface area contributed by atoms with Gasteiger partial charge < -0.3 is 14.6 Å². The lowest BCUT2D eigenvalue weighted by Gasteiger charge is -2.30. The van der Waals surface area contributed by atoms with E-state index in [1.807, 2.05) is 36.4 Å². The monoisotopic (exact) mass is 445 g/mol. The molecule has 5 rings (SSSR count). The number of ether oxygens (including phenoxy) is 2. The molecule has 3 aliphatic rings. The van der Waals surface area contributed by atoms with Gasteiger partial charge in [-0.15, -0.1) is 17.0 Å². The van der Waals surface area contributed by atoms with Crippen molar-refractivity contribution in [3.8, 4) is 11.5 Å². The number of anilines is 1. The van der Waals surface area contributed by atoms with Crippen LogP contribution in [0.4, 0.5) is 5.69 Å². The highest BCUT2D eigenvalue weighted by molar-refractivity contribution is 8.93. The van der Waals surface area contributed by atoms with Crippen LogP contribution >= 0.6 is 17.0 Å². The normalized spacial score (nSPS) is 23.7. The zero-order valence-corrected chi connectivity index (χ0v) is 17.6. The Hall–Kier alpha value is -2.05. The fourth-order valence-corrected chi connectivity index (χ4v) is 4.48. The minimum atomic E-state index is -1.12. The summed E-state index contributed by atoms with van der Waals surface area (Å²) in [5.41, 5.74) is 0.745. The number of amidine groups is 1. The predicted molar refractivity (Wildman–Crippen MR) is 114 cm³/mol. The zero-order valence-electron chi connectivity index (χ0n) is 15.8. The Bertz CT molecular complexity index is 887. The fraction of sp³-hybridized carbons (Fsp3) is 0.409. The molecule has 6 heteroatoms. The second-order valence-electron chi connectivity index (χ2n) is 7.49. The molecule has 0 radical (unpaired) electrons. The molecule has 3 heterocycles. The minimum absolute atomic E-state index is 0. The Labute approximate surface area is 176 Å². The van der Waals surface area contributed by atoms with Crippen LogP contribution in [0.5, 0.6) is 11.5 Å². The molecule has 2 aromatic carbocycles. The molecular weight excluding hydrogens is 420 g/mol. The zero-order chi connectivity index (χ0) is 18.3. The number of hydrogen-bond acceptors (Lipinski definition) is 4. The summed E-state index contributed by atoms with van der Waals surface area (Å²) in [6, 6.07) is 16.0. The first-order chi connectivity index (χ1) is 13.3. The molecule has 3 aliphatic heterocycles. The van der Waals surface area contributed by atoms with Gasteiger partial charge in [0.25, 0.3) is 11.6 Å². The van der Waals surface area contributed by atoms with Crippen molar-refractivity contribution in [2.75, 3.05) is 31.2 Å². The number of nitrogens with zero attached hydrogens (tertiary/aromatic N) is 2. The summed E-state index contributed by atoms with van der Waals surface area (Å²) in [5, 5.41) is 12.0. The lowest BCUT2D eigenvalue weighted by atomic mass is 9.99. The third kappa shape index (κ3) is 3.18. The molecule has 1 unspecified atom stereocenters. The summed E-state index contributed by atoms with van der Waals surface area (Å²) in [6.45, 7) is 2.67. The van der Waals surface area contributed by atoms with E-state index in [0.29, 0.717) is 25.5 Å². The second kappa shape index (κ2) is 7.76. The molecule has 0 amide bonds. The van der Waals surface area contributed by atoms with Gasteiger partial charge in [0.2, 0.25) is 0 Å². The second-order valence-corrected chi connectivity index (χ2v) is 7.49. The molecular formula is C22H26BrN2O3+. The van der Waals surface area contributed by atoms with E-state index in [9.17, 15) is 5.11 Å². The molecule has 0 aromatic heterocycles.